The highest BCUT2D eigenvalue weighted by Crippen LogP contribution is 2.40. The van der Waals surface area contributed by atoms with Crippen LogP contribution in [0.3, 0.4) is 0 Å². The van der Waals surface area contributed by atoms with E-state index in [1.54, 1.807) is 17.5 Å². The van der Waals surface area contributed by atoms with Gasteiger partial charge in [0.2, 0.25) is 0 Å². The van der Waals surface area contributed by atoms with Crippen molar-refractivity contribution in [2.24, 2.45) is 0 Å². The molecule has 46 heavy (non-hydrogen) atoms. The minimum absolute atomic E-state index is 0.596. The van der Waals surface area contributed by atoms with Crippen LogP contribution in [0, 0.1) is 0 Å². The Morgan fingerprint density at radius 1 is 0.500 bits per heavy atom. The molecule has 0 bridgehead atoms. The molecule has 0 fully saturated rings. The molecule has 0 atom stereocenters. The van der Waals surface area contributed by atoms with Gasteiger partial charge in [0.25, 0.3) is 0 Å². The number of nitrogens with zero attached hydrogens (tertiary/aromatic N) is 4. The van der Waals surface area contributed by atoms with Crippen molar-refractivity contribution in [2.75, 3.05) is 0 Å². The molecule has 0 N–H and O–H groups in total. The molecule has 4 heterocycles. The smallest absolute Gasteiger partial charge is 0.164 e. The lowest BCUT2D eigenvalue weighted by atomic mass is 10.0. The largest absolute Gasteiger partial charge is 0.454 e. The molecule has 4 aromatic heterocycles. The van der Waals surface area contributed by atoms with Crippen molar-refractivity contribution in [3.63, 3.8) is 0 Å². The third-order valence-electron chi connectivity index (χ3n) is 8.76. The van der Waals surface area contributed by atoms with Crippen LogP contribution in [0.15, 0.2) is 138 Å². The fourth-order valence-corrected chi connectivity index (χ4v) is 7.70. The predicted octanol–water partition coefficient (Wildman–Crippen LogP) is 10.8. The molecule has 0 saturated carbocycles. The van der Waals surface area contributed by atoms with Crippen molar-refractivity contribution in [3.05, 3.63) is 134 Å². The van der Waals surface area contributed by atoms with Gasteiger partial charge in [-0.1, -0.05) is 91.0 Å². The summed E-state index contributed by atoms with van der Waals surface area (Å²) in [4.78, 5) is 20.0. The second-order valence-electron chi connectivity index (χ2n) is 11.5. The number of hydrogen-bond acceptors (Lipinski definition) is 6. The molecule has 0 aliphatic carbocycles. The molecule has 6 heteroatoms. The number of benzene rings is 6. The van der Waals surface area contributed by atoms with E-state index in [0.29, 0.717) is 17.5 Å². The standard InChI is InChI=1S/C40H22N4OS/c1-2-8-25-21-26(15-14-23(25)7-1)38-42-39(27-17-18-29-28-10-3-4-13-33(28)46-34(29)22-27)44-40(43-38)31-11-5-12-32-35(31)30-19-16-24-9-6-20-41-36(24)37(30)45-32/h1-22H. The lowest BCUT2D eigenvalue weighted by molar-refractivity contribution is 0.671. The topological polar surface area (TPSA) is 64.7 Å². The average molecular weight is 607 g/mol. The number of hydrogen-bond donors (Lipinski definition) is 0. The fourth-order valence-electron chi connectivity index (χ4n) is 6.56. The molecular weight excluding hydrogens is 585 g/mol. The Bertz CT molecular complexity index is 2830. The van der Waals surface area contributed by atoms with E-state index >= 15 is 0 Å². The highest BCUT2D eigenvalue weighted by molar-refractivity contribution is 7.25. The van der Waals surface area contributed by atoms with Crippen molar-refractivity contribution >= 4 is 75.1 Å². The van der Waals surface area contributed by atoms with Crippen LogP contribution in [0.4, 0.5) is 0 Å². The van der Waals surface area contributed by atoms with Crippen molar-refractivity contribution in [1.29, 1.82) is 0 Å². The first kappa shape index (κ1) is 25.4. The molecular formula is C40H22N4OS. The molecule has 6 aromatic carbocycles. The van der Waals surface area contributed by atoms with E-state index in [4.69, 9.17) is 19.4 Å². The Kier molecular flexibility index (Phi) is 5.38. The number of pyridine rings is 1. The highest BCUT2D eigenvalue weighted by Gasteiger charge is 2.19. The van der Waals surface area contributed by atoms with Gasteiger partial charge < -0.3 is 4.42 Å². The van der Waals surface area contributed by atoms with E-state index in [-0.39, 0.29) is 0 Å². The Labute approximate surface area is 266 Å². The Hall–Kier alpha value is -5.98. The molecule has 0 saturated heterocycles. The summed E-state index contributed by atoms with van der Waals surface area (Å²) in [5.41, 5.74) is 5.15. The van der Waals surface area contributed by atoms with Crippen LogP contribution in [0.5, 0.6) is 0 Å². The first-order valence-corrected chi connectivity index (χ1v) is 15.9. The highest BCUT2D eigenvalue weighted by atomic mass is 32.1. The normalized spacial score (nSPS) is 11.9. The van der Waals surface area contributed by atoms with E-state index in [0.717, 1.165) is 54.9 Å². The third kappa shape index (κ3) is 3.87. The fraction of sp³-hybridized carbons (Fsp3) is 0. The molecule has 10 aromatic rings. The van der Waals surface area contributed by atoms with E-state index in [9.17, 15) is 0 Å². The molecule has 0 spiro atoms. The van der Waals surface area contributed by atoms with Crippen LogP contribution in [0.1, 0.15) is 0 Å². The van der Waals surface area contributed by atoms with Gasteiger partial charge in [0.15, 0.2) is 23.1 Å². The van der Waals surface area contributed by atoms with Crippen molar-refractivity contribution < 1.29 is 4.42 Å². The lowest BCUT2D eigenvalue weighted by Gasteiger charge is -2.10. The number of aromatic nitrogens is 4. The van der Waals surface area contributed by atoms with Gasteiger partial charge in [0, 0.05) is 59.2 Å². The molecule has 214 valence electrons. The summed E-state index contributed by atoms with van der Waals surface area (Å²) < 4.78 is 8.92. The predicted molar refractivity (Wildman–Crippen MR) is 189 cm³/mol. The van der Waals surface area contributed by atoms with Crippen molar-refractivity contribution in [1.82, 2.24) is 19.9 Å². The zero-order valence-electron chi connectivity index (χ0n) is 24.3. The lowest BCUT2D eigenvalue weighted by Crippen LogP contribution is -2.00. The van der Waals surface area contributed by atoms with Crippen LogP contribution < -0.4 is 0 Å². The number of thiophene rings is 1. The van der Waals surface area contributed by atoms with Crippen LogP contribution in [-0.2, 0) is 0 Å². The van der Waals surface area contributed by atoms with Crippen LogP contribution in [0.2, 0.25) is 0 Å². The van der Waals surface area contributed by atoms with Crippen molar-refractivity contribution in [2.45, 2.75) is 0 Å². The summed E-state index contributed by atoms with van der Waals surface area (Å²) in [5.74, 6) is 1.85. The van der Waals surface area contributed by atoms with Crippen LogP contribution in [0.25, 0.3) is 97.9 Å². The molecule has 0 unspecified atom stereocenters. The summed E-state index contributed by atoms with van der Waals surface area (Å²) >= 11 is 1.79. The van der Waals surface area contributed by atoms with Gasteiger partial charge in [-0.3, -0.25) is 4.98 Å². The van der Waals surface area contributed by atoms with Gasteiger partial charge in [0.1, 0.15) is 11.1 Å². The van der Waals surface area contributed by atoms with Gasteiger partial charge in [-0.05, 0) is 47.2 Å². The second kappa shape index (κ2) is 9.76. The van der Waals surface area contributed by atoms with E-state index in [2.05, 4.69) is 114 Å². The van der Waals surface area contributed by atoms with Gasteiger partial charge >= 0.3 is 0 Å². The molecule has 0 amide bonds. The summed E-state index contributed by atoms with van der Waals surface area (Å²) in [6, 6.07) is 44.0. The number of fused-ring (bicyclic) bond motifs is 9. The summed E-state index contributed by atoms with van der Waals surface area (Å²) in [5, 5.41) is 7.80. The maximum Gasteiger partial charge on any atom is 0.164 e. The van der Waals surface area contributed by atoms with E-state index in [1.807, 2.05) is 18.2 Å². The zero-order valence-corrected chi connectivity index (χ0v) is 25.1. The van der Waals surface area contributed by atoms with Gasteiger partial charge in [-0.2, -0.15) is 0 Å². The van der Waals surface area contributed by atoms with E-state index < -0.39 is 0 Å². The molecule has 0 radical (unpaired) electrons. The van der Waals surface area contributed by atoms with Crippen LogP contribution >= 0.6 is 11.3 Å². The summed E-state index contributed by atoms with van der Waals surface area (Å²) in [6.45, 7) is 0. The van der Waals surface area contributed by atoms with Gasteiger partial charge in [-0.15, -0.1) is 11.3 Å². The Morgan fingerprint density at radius 3 is 2.15 bits per heavy atom. The average Bonchev–Trinajstić information content (AvgIpc) is 3.69. The molecule has 0 aliphatic rings. The number of rotatable bonds is 3. The monoisotopic (exact) mass is 606 g/mol. The minimum Gasteiger partial charge on any atom is -0.454 e. The van der Waals surface area contributed by atoms with Gasteiger partial charge in [-0.25, -0.2) is 15.0 Å². The summed E-state index contributed by atoms with van der Waals surface area (Å²) in [6.07, 6.45) is 1.80. The van der Waals surface area contributed by atoms with E-state index in [1.165, 1.54) is 25.6 Å². The molecule has 10 rings (SSSR count). The first-order valence-electron chi connectivity index (χ1n) is 15.1. The zero-order chi connectivity index (χ0) is 30.2. The number of furan rings is 1. The third-order valence-corrected chi connectivity index (χ3v) is 9.89. The summed E-state index contributed by atoms with van der Waals surface area (Å²) in [7, 11) is 0. The maximum absolute atomic E-state index is 6.45. The quantitative estimate of drug-likeness (QED) is 0.200. The van der Waals surface area contributed by atoms with Crippen LogP contribution in [-0.4, -0.2) is 19.9 Å². The Balaban J connectivity index is 1.24. The first-order chi connectivity index (χ1) is 22.8. The molecule has 5 nitrogen and oxygen atoms in total. The Morgan fingerprint density at radius 2 is 1.22 bits per heavy atom. The second-order valence-corrected chi connectivity index (χ2v) is 12.6. The van der Waals surface area contributed by atoms with Crippen molar-refractivity contribution in [3.8, 4) is 34.2 Å². The SMILES string of the molecule is c1ccc2cc(-c3nc(-c4ccc5c(c4)sc4ccccc45)nc(-c4cccc5oc6c(ccc7cccnc76)c45)n3)ccc2c1. The van der Waals surface area contributed by atoms with Gasteiger partial charge in [0.05, 0.1) is 0 Å². The minimum atomic E-state index is 0.596. The maximum atomic E-state index is 6.45. The molecule has 0 aliphatic heterocycles.